The maximum Gasteiger partial charge on any atom is 0.319 e. The highest BCUT2D eigenvalue weighted by atomic mass is 19.1. The lowest BCUT2D eigenvalue weighted by Crippen LogP contribution is -2.45. The van der Waals surface area contributed by atoms with E-state index in [0.29, 0.717) is 23.5 Å². The van der Waals surface area contributed by atoms with Gasteiger partial charge in [-0.3, -0.25) is 0 Å². The van der Waals surface area contributed by atoms with Crippen LogP contribution in [0.2, 0.25) is 0 Å². The van der Waals surface area contributed by atoms with Gasteiger partial charge in [0.05, 0.1) is 13.7 Å². The summed E-state index contributed by atoms with van der Waals surface area (Å²) in [6.07, 6.45) is 0. The van der Waals surface area contributed by atoms with Crippen molar-refractivity contribution in [3.63, 3.8) is 0 Å². The number of hydrogen-bond acceptors (Lipinski definition) is 5. The van der Waals surface area contributed by atoms with Gasteiger partial charge in [-0.1, -0.05) is 11.2 Å². The third-order valence-electron chi connectivity index (χ3n) is 4.54. The molecule has 160 valence electrons. The summed E-state index contributed by atoms with van der Waals surface area (Å²) >= 11 is 0. The van der Waals surface area contributed by atoms with Crippen LogP contribution in [-0.2, 0) is 4.84 Å². The van der Waals surface area contributed by atoms with E-state index in [-0.39, 0.29) is 19.0 Å². The van der Waals surface area contributed by atoms with E-state index in [0.717, 1.165) is 0 Å². The van der Waals surface area contributed by atoms with Crippen LogP contribution in [0.5, 0.6) is 5.75 Å². The highest BCUT2D eigenvalue weighted by Crippen LogP contribution is 2.29. The molecule has 0 unspecified atom stereocenters. The molecule has 8 nitrogen and oxygen atoms in total. The summed E-state index contributed by atoms with van der Waals surface area (Å²) < 4.78 is 32.7. The Morgan fingerprint density at radius 1 is 1.27 bits per heavy atom. The number of methoxy groups -OCH3 is 1. The molecule has 0 bridgehead atoms. The van der Waals surface area contributed by atoms with Crippen molar-refractivity contribution in [1.29, 1.82) is 0 Å². The number of nitrogens with zero attached hydrogens (tertiary/aromatic N) is 1. The Kier molecular flexibility index (Phi) is 7.02. The number of amidine groups is 1. The van der Waals surface area contributed by atoms with Crippen LogP contribution in [0.1, 0.15) is 11.5 Å². The summed E-state index contributed by atoms with van der Waals surface area (Å²) in [7, 11) is 1.44. The SMILES string of the molecule is COc1ccc([C@@H]2CN/C(=N\OCCO)[C@H]2NC(=O)Nc2ccc(F)cc2)c(F)c1. The Morgan fingerprint density at radius 3 is 2.70 bits per heavy atom. The highest BCUT2D eigenvalue weighted by Gasteiger charge is 2.37. The maximum atomic E-state index is 14.6. The predicted molar refractivity (Wildman–Crippen MR) is 107 cm³/mol. The van der Waals surface area contributed by atoms with Gasteiger partial charge in [-0.05, 0) is 35.9 Å². The average molecular weight is 420 g/mol. The standard InChI is InChI=1S/C20H22F2N4O4/c1-29-14-6-7-15(17(22)10-14)16-11-23-19(26-30-9-8-27)18(16)25-20(28)24-13-4-2-12(21)3-5-13/h2-7,10,16,18,27H,8-9,11H2,1H3,(H,23,26)(H2,24,25,28)/t16-,18-/m0/s1. The first-order valence-electron chi connectivity index (χ1n) is 9.23. The van der Waals surface area contributed by atoms with E-state index >= 15 is 0 Å². The first-order chi connectivity index (χ1) is 14.5. The van der Waals surface area contributed by atoms with Crippen molar-refractivity contribution in [3.8, 4) is 5.75 Å². The van der Waals surface area contributed by atoms with E-state index in [9.17, 15) is 13.6 Å². The molecule has 0 radical (unpaired) electrons. The molecule has 1 heterocycles. The molecule has 10 heteroatoms. The summed E-state index contributed by atoms with van der Waals surface area (Å²) in [4.78, 5) is 17.5. The summed E-state index contributed by atoms with van der Waals surface area (Å²) in [6, 6.07) is 8.45. The summed E-state index contributed by atoms with van der Waals surface area (Å²) in [5.41, 5.74) is 0.754. The van der Waals surface area contributed by atoms with Gasteiger partial charge in [-0.25, -0.2) is 13.6 Å². The molecule has 3 rings (SSSR count). The number of anilines is 1. The number of ether oxygens (including phenoxy) is 1. The Bertz CT molecular complexity index is 908. The van der Waals surface area contributed by atoms with E-state index in [1.54, 1.807) is 12.1 Å². The van der Waals surface area contributed by atoms with Crippen LogP contribution in [0.4, 0.5) is 19.3 Å². The second-order valence-electron chi connectivity index (χ2n) is 6.49. The predicted octanol–water partition coefficient (Wildman–Crippen LogP) is 2.17. The highest BCUT2D eigenvalue weighted by molar-refractivity contribution is 5.97. The number of urea groups is 1. The molecule has 1 aliphatic heterocycles. The largest absolute Gasteiger partial charge is 0.497 e. The minimum absolute atomic E-state index is 0.0265. The number of aliphatic hydroxyl groups excluding tert-OH is 1. The maximum absolute atomic E-state index is 14.6. The molecule has 30 heavy (non-hydrogen) atoms. The number of aliphatic hydroxyl groups is 1. The number of nitrogens with one attached hydrogen (secondary N) is 3. The summed E-state index contributed by atoms with van der Waals surface area (Å²) in [6.45, 7) is 0.0454. The van der Waals surface area contributed by atoms with Crippen LogP contribution in [0.15, 0.2) is 47.6 Å². The van der Waals surface area contributed by atoms with E-state index in [4.69, 9.17) is 14.7 Å². The zero-order chi connectivity index (χ0) is 21.5. The van der Waals surface area contributed by atoms with Gasteiger partial charge in [-0.15, -0.1) is 0 Å². The quantitative estimate of drug-likeness (QED) is 0.406. The second kappa shape index (κ2) is 9.88. The van der Waals surface area contributed by atoms with Crippen molar-refractivity contribution in [2.45, 2.75) is 12.0 Å². The fourth-order valence-electron chi connectivity index (χ4n) is 3.11. The number of oxime groups is 1. The van der Waals surface area contributed by atoms with Crippen LogP contribution in [-0.4, -0.2) is 49.9 Å². The Hall–Kier alpha value is -3.40. The molecular weight excluding hydrogens is 398 g/mol. The topological polar surface area (TPSA) is 104 Å². The van der Waals surface area contributed by atoms with Gasteiger partial charge in [0.15, 0.2) is 5.84 Å². The molecular formula is C20H22F2N4O4. The van der Waals surface area contributed by atoms with Gasteiger partial charge in [0.1, 0.15) is 30.0 Å². The number of halogens is 2. The van der Waals surface area contributed by atoms with Gasteiger partial charge in [0.25, 0.3) is 0 Å². The first kappa shape index (κ1) is 21.3. The monoisotopic (exact) mass is 420 g/mol. The van der Waals surface area contributed by atoms with Crippen molar-refractivity contribution < 1.29 is 28.3 Å². The van der Waals surface area contributed by atoms with Crippen LogP contribution in [0.25, 0.3) is 0 Å². The first-order valence-corrected chi connectivity index (χ1v) is 9.23. The Labute approximate surface area is 171 Å². The average Bonchev–Trinajstić information content (AvgIpc) is 3.12. The van der Waals surface area contributed by atoms with Crippen molar-refractivity contribution in [2.75, 3.05) is 32.2 Å². The van der Waals surface area contributed by atoms with E-state index in [2.05, 4.69) is 21.1 Å². The van der Waals surface area contributed by atoms with Crippen molar-refractivity contribution in [1.82, 2.24) is 10.6 Å². The van der Waals surface area contributed by atoms with E-state index in [1.807, 2.05) is 0 Å². The molecule has 1 aliphatic rings. The van der Waals surface area contributed by atoms with E-state index < -0.39 is 29.6 Å². The zero-order valence-corrected chi connectivity index (χ0v) is 16.2. The van der Waals surface area contributed by atoms with Crippen molar-refractivity contribution in [2.24, 2.45) is 5.16 Å². The minimum Gasteiger partial charge on any atom is -0.497 e. The van der Waals surface area contributed by atoms with E-state index in [1.165, 1.54) is 37.4 Å². The smallest absolute Gasteiger partial charge is 0.319 e. The number of rotatable bonds is 7. The molecule has 4 N–H and O–H groups in total. The van der Waals surface area contributed by atoms with Crippen LogP contribution < -0.4 is 20.7 Å². The van der Waals surface area contributed by atoms with Crippen molar-refractivity contribution in [3.05, 3.63) is 59.7 Å². The molecule has 2 aromatic carbocycles. The van der Waals surface area contributed by atoms with Crippen LogP contribution in [0, 0.1) is 11.6 Å². The molecule has 1 fully saturated rings. The molecule has 0 spiro atoms. The van der Waals surface area contributed by atoms with Crippen LogP contribution in [0.3, 0.4) is 0 Å². The number of benzene rings is 2. The molecule has 2 atom stereocenters. The summed E-state index contributed by atoms with van der Waals surface area (Å²) in [5, 5.41) is 21.1. The zero-order valence-electron chi connectivity index (χ0n) is 16.2. The van der Waals surface area contributed by atoms with Crippen molar-refractivity contribution >= 4 is 17.6 Å². The molecule has 0 aliphatic carbocycles. The fraction of sp³-hybridized carbons (Fsp3) is 0.300. The second-order valence-corrected chi connectivity index (χ2v) is 6.49. The number of carbonyl (C=O) groups is 1. The molecule has 2 amide bonds. The third-order valence-corrected chi connectivity index (χ3v) is 4.54. The van der Waals surface area contributed by atoms with Gasteiger partial charge in [0.2, 0.25) is 0 Å². The van der Waals surface area contributed by atoms with Gasteiger partial charge >= 0.3 is 6.03 Å². The molecule has 0 aromatic heterocycles. The third kappa shape index (κ3) is 5.15. The normalized spacial score (nSPS) is 19.3. The number of amides is 2. The minimum atomic E-state index is -0.730. The lowest BCUT2D eigenvalue weighted by Gasteiger charge is -2.21. The van der Waals surface area contributed by atoms with Gasteiger partial charge < -0.3 is 30.6 Å². The fourth-order valence-corrected chi connectivity index (χ4v) is 3.11. The lowest BCUT2D eigenvalue weighted by atomic mass is 9.93. The molecule has 1 saturated heterocycles. The van der Waals surface area contributed by atoms with Gasteiger partial charge in [-0.2, -0.15) is 0 Å². The molecule has 0 saturated carbocycles. The number of carbonyl (C=O) groups excluding carboxylic acids is 1. The summed E-state index contributed by atoms with van der Waals surface area (Å²) in [5.74, 6) is -0.721. The Balaban J connectivity index is 1.80. The molecule has 2 aromatic rings. The van der Waals surface area contributed by atoms with Gasteiger partial charge in [0, 0.05) is 24.2 Å². The number of hydrogen-bond donors (Lipinski definition) is 4. The Morgan fingerprint density at radius 2 is 2.03 bits per heavy atom. The lowest BCUT2D eigenvalue weighted by molar-refractivity contribution is 0.0974. The van der Waals surface area contributed by atoms with Crippen LogP contribution >= 0.6 is 0 Å².